The summed E-state index contributed by atoms with van der Waals surface area (Å²) in [5.41, 5.74) is -0.317. The Morgan fingerprint density at radius 3 is 2.75 bits per heavy atom. The summed E-state index contributed by atoms with van der Waals surface area (Å²) in [5, 5.41) is 2.86. The van der Waals surface area contributed by atoms with Gasteiger partial charge in [-0.25, -0.2) is 18.2 Å². The third-order valence-electron chi connectivity index (χ3n) is 4.79. The van der Waals surface area contributed by atoms with E-state index in [1.165, 1.54) is 15.1 Å². The van der Waals surface area contributed by atoms with Gasteiger partial charge in [0, 0.05) is 38.6 Å². The van der Waals surface area contributed by atoms with Crippen LogP contribution in [0.1, 0.15) is 19.3 Å². The Bertz CT molecular complexity index is 959. The zero-order valence-corrected chi connectivity index (χ0v) is 16.3. The van der Waals surface area contributed by atoms with E-state index in [9.17, 15) is 18.0 Å². The van der Waals surface area contributed by atoms with Crippen molar-refractivity contribution < 1.29 is 13.2 Å². The Balaban J connectivity index is 1.52. The molecule has 1 fully saturated rings. The van der Waals surface area contributed by atoms with Crippen LogP contribution in [-0.2, 0) is 21.4 Å². The van der Waals surface area contributed by atoms with Crippen LogP contribution in [0.4, 0.5) is 0 Å². The van der Waals surface area contributed by atoms with Gasteiger partial charge < -0.3 is 5.32 Å². The lowest BCUT2D eigenvalue weighted by atomic mass is 9.99. The van der Waals surface area contributed by atoms with Gasteiger partial charge >= 0.3 is 5.69 Å². The number of amides is 1. The largest absolute Gasteiger partial charge is 0.356 e. The molecule has 28 heavy (non-hydrogen) atoms. The lowest BCUT2D eigenvalue weighted by molar-refractivity contribution is -0.126. The highest BCUT2D eigenvalue weighted by Gasteiger charge is 2.33. The molecule has 2 heterocycles. The van der Waals surface area contributed by atoms with Crippen molar-refractivity contribution in [2.24, 2.45) is 5.92 Å². The monoisotopic (exact) mass is 404 g/mol. The molecule has 0 aliphatic carbocycles. The number of hydrogen-bond acceptors (Lipinski definition) is 5. The minimum atomic E-state index is -3.59. The number of aryl methyl sites for hydroxylation is 1. The van der Waals surface area contributed by atoms with Gasteiger partial charge in [0.2, 0.25) is 15.9 Å². The minimum absolute atomic E-state index is 0.147. The Kier molecular flexibility index (Phi) is 6.58. The molecule has 1 aromatic carbocycles. The van der Waals surface area contributed by atoms with E-state index in [0.717, 1.165) is 0 Å². The first-order valence-corrected chi connectivity index (χ1v) is 10.8. The van der Waals surface area contributed by atoms with E-state index in [2.05, 4.69) is 10.3 Å². The van der Waals surface area contributed by atoms with Gasteiger partial charge in [0.05, 0.1) is 10.8 Å². The maximum Gasteiger partial charge on any atom is 0.347 e. The quantitative estimate of drug-likeness (QED) is 0.690. The zero-order chi connectivity index (χ0) is 20.0. The van der Waals surface area contributed by atoms with Crippen LogP contribution in [0.25, 0.3) is 0 Å². The summed E-state index contributed by atoms with van der Waals surface area (Å²) in [6.45, 7) is 1.49. The van der Waals surface area contributed by atoms with Gasteiger partial charge in [0.15, 0.2) is 0 Å². The molecule has 1 aliphatic rings. The van der Waals surface area contributed by atoms with Crippen LogP contribution in [-0.4, -0.2) is 47.8 Å². The van der Waals surface area contributed by atoms with E-state index in [0.29, 0.717) is 38.9 Å². The molecule has 0 radical (unpaired) electrons. The van der Waals surface area contributed by atoms with E-state index in [4.69, 9.17) is 0 Å². The number of nitrogens with zero attached hydrogens (tertiary/aromatic N) is 3. The van der Waals surface area contributed by atoms with Crippen molar-refractivity contribution in [3.8, 4) is 0 Å². The molecule has 1 aromatic heterocycles. The summed E-state index contributed by atoms with van der Waals surface area (Å²) in [4.78, 5) is 27.9. The van der Waals surface area contributed by atoms with Gasteiger partial charge in [-0.05, 0) is 37.5 Å². The standard InChI is InChI=1S/C19H24N4O4S/c24-18(20-10-5-12-22-13-6-11-21-19(22)25)16-7-4-14-23(15-16)28(26,27)17-8-2-1-3-9-17/h1-3,6,8-9,11,13,16H,4-5,7,10,12,14-15H2,(H,20,24). The van der Waals surface area contributed by atoms with Crippen LogP contribution >= 0.6 is 0 Å². The van der Waals surface area contributed by atoms with Crippen molar-refractivity contribution in [1.82, 2.24) is 19.2 Å². The third-order valence-corrected chi connectivity index (χ3v) is 6.67. The summed E-state index contributed by atoms with van der Waals surface area (Å²) in [5.74, 6) is -0.514. The molecule has 1 N–H and O–H groups in total. The van der Waals surface area contributed by atoms with E-state index < -0.39 is 10.0 Å². The Hall–Kier alpha value is -2.52. The molecule has 1 amide bonds. The Morgan fingerprint density at radius 1 is 1.21 bits per heavy atom. The number of carbonyl (C=O) groups excluding carboxylic acids is 1. The van der Waals surface area contributed by atoms with Crippen molar-refractivity contribution in [3.63, 3.8) is 0 Å². The number of carbonyl (C=O) groups is 1. The second kappa shape index (κ2) is 9.11. The summed E-state index contributed by atoms with van der Waals surface area (Å²) in [6, 6.07) is 9.97. The molecule has 8 nitrogen and oxygen atoms in total. The van der Waals surface area contributed by atoms with E-state index in [-0.39, 0.29) is 29.0 Å². The Morgan fingerprint density at radius 2 is 2.00 bits per heavy atom. The average molecular weight is 404 g/mol. The Labute approximate surface area is 164 Å². The number of piperidine rings is 1. The van der Waals surface area contributed by atoms with Crippen LogP contribution in [0.3, 0.4) is 0 Å². The summed E-state index contributed by atoms with van der Waals surface area (Å²) in [7, 11) is -3.59. The van der Waals surface area contributed by atoms with Gasteiger partial charge in [-0.3, -0.25) is 9.36 Å². The van der Waals surface area contributed by atoms with Crippen LogP contribution in [0.15, 0.2) is 58.5 Å². The van der Waals surface area contributed by atoms with Crippen molar-refractivity contribution in [2.75, 3.05) is 19.6 Å². The highest BCUT2D eigenvalue weighted by Crippen LogP contribution is 2.23. The maximum atomic E-state index is 12.8. The molecule has 2 aromatic rings. The predicted molar refractivity (Wildman–Crippen MR) is 104 cm³/mol. The number of nitrogens with one attached hydrogen (secondary N) is 1. The highest BCUT2D eigenvalue weighted by molar-refractivity contribution is 7.89. The molecule has 0 bridgehead atoms. The molecule has 9 heteroatoms. The summed E-state index contributed by atoms with van der Waals surface area (Å²) >= 11 is 0. The first kappa shape index (κ1) is 20.2. The number of benzene rings is 1. The van der Waals surface area contributed by atoms with E-state index >= 15 is 0 Å². The molecule has 0 spiro atoms. The number of aromatic nitrogens is 2. The van der Waals surface area contributed by atoms with Gasteiger partial charge in [-0.1, -0.05) is 18.2 Å². The first-order valence-electron chi connectivity index (χ1n) is 9.33. The lowest BCUT2D eigenvalue weighted by Crippen LogP contribution is -2.45. The van der Waals surface area contributed by atoms with Crippen molar-refractivity contribution >= 4 is 15.9 Å². The fraction of sp³-hybridized carbons (Fsp3) is 0.421. The molecule has 1 saturated heterocycles. The maximum absolute atomic E-state index is 12.8. The first-order chi connectivity index (χ1) is 13.5. The van der Waals surface area contributed by atoms with E-state index in [1.807, 2.05) is 0 Å². The topological polar surface area (TPSA) is 101 Å². The minimum Gasteiger partial charge on any atom is -0.356 e. The number of hydrogen-bond donors (Lipinski definition) is 1. The average Bonchev–Trinajstić information content (AvgIpc) is 2.73. The van der Waals surface area contributed by atoms with Gasteiger partial charge in [-0.15, -0.1) is 0 Å². The molecule has 0 saturated carbocycles. The second-order valence-corrected chi connectivity index (χ2v) is 8.69. The molecular weight excluding hydrogens is 380 g/mol. The second-order valence-electron chi connectivity index (χ2n) is 6.76. The van der Waals surface area contributed by atoms with Gasteiger partial charge in [0.1, 0.15) is 0 Å². The smallest absolute Gasteiger partial charge is 0.347 e. The normalized spacial score (nSPS) is 17.9. The SMILES string of the molecule is O=C(NCCCn1cccnc1=O)C1CCCN(S(=O)(=O)c2ccccc2)C1. The molecule has 1 atom stereocenters. The summed E-state index contributed by atoms with van der Waals surface area (Å²) < 4.78 is 28.4. The highest BCUT2D eigenvalue weighted by atomic mass is 32.2. The third kappa shape index (κ3) is 4.85. The number of sulfonamides is 1. The lowest BCUT2D eigenvalue weighted by Gasteiger charge is -2.31. The molecule has 150 valence electrons. The van der Waals surface area contributed by atoms with Crippen LogP contribution < -0.4 is 11.0 Å². The van der Waals surface area contributed by atoms with Crippen LogP contribution in [0.5, 0.6) is 0 Å². The van der Waals surface area contributed by atoms with Crippen LogP contribution in [0.2, 0.25) is 0 Å². The van der Waals surface area contributed by atoms with E-state index in [1.54, 1.807) is 42.6 Å². The van der Waals surface area contributed by atoms with Gasteiger partial charge in [0.25, 0.3) is 0 Å². The molecule has 3 rings (SSSR count). The zero-order valence-electron chi connectivity index (χ0n) is 15.5. The predicted octanol–water partition coefficient (Wildman–Crippen LogP) is 0.850. The van der Waals surface area contributed by atoms with Gasteiger partial charge in [-0.2, -0.15) is 4.31 Å². The molecule has 1 unspecified atom stereocenters. The fourth-order valence-electron chi connectivity index (χ4n) is 3.28. The van der Waals surface area contributed by atoms with Crippen LogP contribution in [0, 0.1) is 5.92 Å². The molecule has 1 aliphatic heterocycles. The fourth-order valence-corrected chi connectivity index (χ4v) is 4.82. The van der Waals surface area contributed by atoms with Crippen molar-refractivity contribution in [2.45, 2.75) is 30.7 Å². The number of rotatable bonds is 7. The van der Waals surface area contributed by atoms with Crippen molar-refractivity contribution in [1.29, 1.82) is 0 Å². The van der Waals surface area contributed by atoms with Crippen molar-refractivity contribution in [3.05, 3.63) is 59.3 Å². The molecular formula is C19H24N4O4S. The summed E-state index contributed by atoms with van der Waals surface area (Å²) in [6.07, 6.45) is 5.00.